The van der Waals surface area contributed by atoms with Crippen LogP contribution in [-0.2, 0) is 28.3 Å². The molecule has 0 saturated heterocycles. The van der Waals surface area contributed by atoms with Gasteiger partial charge in [-0.15, -0.1) is 11.8 Å². The maximum atomic E-state index is 13.6. The Labute approximate surface area is 235 Å². The Morgan fingerprint density at radius 1 is 1.00 bits per heavy atom. The summed E-state index contributed by atoms with van der Waals surface area (Å²) in [5.41, 5.74) is 2.88. The number of amides is 2. The maximum absolute atomic E-state index is 13.6. The van der Waals surface area contributed by atoms with Crippen LogP contribution in [0.2, 0.25) is 10.0 Å². The van der Waals surface area contributed by atoms with Crippen LogP contribution in [0, 0.1) is 0 Å². The number of benzene rings is 3. The maximum Gasteiger partial charge on any atom is 0.243 e. The standard InChI is InChI=1S/C28H29BrCl2N2O2S/c1-2-14-32-28(35)26(15-20-6-4-3-5-7-20)33(17-21-8-11-23(29)12-9-21)27(34)19-36-18-22-10-13-24(30)16-25(22)31/h3-13,16,26H,2,14-15,17-19H2,1H3,(H,32,35). The Kier molecular flexibility index (Phi) is 11.6. The molecule has 0 radical (unpaired) electrons. The monoisotopic (exact) mass is 606 g/mol. The van der Waals surface area contributed by atoms with Crippen molar-refractivity contribution in [1.82, 2.24) is 10.2 Å². The fraction of sp³-hybridized carbons (Fsp3) is 0.286. The average Bonchev–Trinajstić information content (AvgIpc) is 2.87. The number of halogens is 3. The number of nitrogens with one attached hydrogen (secondary N) is 1. The van der Waals surface area contributed by atoms with Crippen molar-refractivity contribution in [3.05, 3.63) is 104 Å². The topological polar surface area (TPSA) is 49.4 Å². The van der Waals surface area contributed by atoms with E-state index in [-0.39, 0.29) is 17.6 Å². The van der Waals surface area contributed by atoms with E-state index >= 15 is 0 Å². The van der Waals surface area contributed by atoms with Gasteiger partial charge in [-0.3, -0.25) is 9.59 Å². The van der Waals surface area contributed by atoms with Gasteiger partial charge in [-0.05, 0) is 47.4 Å². The quantitative estimate of drug-likeness (QED) is 0.238. The van der Waals surface area contributed by atoms with Crippen molar-refractivity contribution in [2.75, 3.05) is 12.3 Å². The summed E-state index contributed by atoms with van der Waals surface area (Å²) in [6.45, 7) is 2.91. The lowest BCUT2D eigenvalue weighted by atomic mass is 10.0. The number of thioether (sulfide) groups is 1. The fourth-order valence-electron chi connectivity index (χ4n) is 3.68. The van der Waals surface area contributed by atoms with E-state index in [1.165, 1.54) is 11.8 Å². The fourth-order valence-corrected chi connectivity index (χ4v) is 5.41. The summed E-state index contributed by atoms with van der Waals surface area (Å²) in [7, 11) is 0. The highest BCUT2D eigenvalue weighted by molar-refractivity contribution is 9.10. The second-order valence-electron chi connectivity index (χ2n) is 8.37. The second-order valence-corrected chi connectivity index (χ2v) is 11.1. The highest BCUT2D eigenvalue weighted by Crippen LogP contribution is 2.25. The van der Waals surface area contributed by atoms with E-state index in [0.29, 0.717) is 35.3 Å². The zero-order valence-corrected chi connectivity index (χ0v) is 24.0. The number of rotatable bonds is 12. The van der Waals surface area contributed by atoms with Crippen molar-refractivity contribution in [3.8, 4) is 0 Å². The highest BCUT2D eigenvalue weighted by Gasteiger charge is 2.30. The largest absolute Gasteiger partial charge is 0.354 e. The number of hydrogen-bond acceptors (Lipinski definition) is 3. The summed E-state index contributed by atoms with van der Waals surface area (Å²) >= 11 is 17.2. The number of hydrogen-bond donors (Lipinski definition) is 1. The normalized spacial score (nSPS) is 11.7. The lowest BCUT2D eigenvalue weighted by Gasteiger charge is -2.31. The van der Waals surface area contributed by atoms with Crippen LogP contribution >= 0.6 is 50.9 Å². The average molecular weight is 608 g/mol. The van der Waals surface area contributed by atoms with E-state index in [1.54, 1.807) is 17.0 Å². The first-order valence-electron chi connectivity index (χ1n) is 11.7. The predicted octanol–water partition coefficient (Wildman–Crippen LogP) is 7.16. The van der Waals surface area contributed by atoms with Gasteiger partial charge in [-0.1, -0.05) is 94.6 Å². The molecule has 0 bridgehead atoms. The first kappa shape index (κ1) is 28.6. The molecule has 0 aliphatic carbocycles. The van der Waals surface area contributed by atoms with Gasteiger partial charge in [-0.25, -0.2) is 0 Å². The molecule has 0 heterocycles. The summed E-state index contributed by atoms with van der Waals surface area (Å²) in [6.07, 6.45) is 1.26. The van der Waals surface area contributed by atoms with Crippen molar-refractivity contribution in [3.63, 3.8) is 0 Å². The molecule has 0 aliphatic heterocycles. The molecule has 1 N–H and O–H groups in total. The van der Waals surface area contributed by atoms with Gasteiger partial charge in [-0.2, -0.15) is 0 Å². The lowest BCUT2D eigenvalue weighted by molar-refractivity contribution is -0.139. The van der Waals surface area contributed by atoms with Gasteiger partial charge < -0.3 is 10.2 Å². The Balaban J connectivity index is 1.83. The first-order valence-corrected chi connectivity index (χ1v) is 14.4. The van der Waals surface area contributed by atoms with Crippen LogP contribution in [0.4, 0.5) is 0 Å². The summed E-state index contributed by atoms with van der Waals surface area (Å²) in [5, 5.41) is 4.16. The molecule has 1 atom stereocenters. The van der Waals surface area contributed by atoms with Crippen molar-refractivity contribution in [1.29, 1.82) is 0 Å². The molecular formula is C28H29BrCl2N2O2S. The third-order valence-electron chi connectivity index (χ3n) is 5.58. The van der Waals surface area contributed by atoms with Crippen molar-refractivity contribution < 1.29 is 9.59 Å². The van der Waals surface area contributed by atoms with Crippen molar-refractivity contribution in [2.45, 2.75) is 38.1 Å². The molecule has 3 aromatic rings. The molecule has 3 aromatic carbocycles. The molecule has 0 fully saturated rings. The summed E-state index contributed by atoms with van der Waals surface area (Å²) in [6, 6.07) is 22.4. The van der Waals surface area contributed by atoms with Crippen molar-refractivity contribution >= 4 is 62.7 Å². The molecular weight excluding hydrogens is 579 g/mol. The van der Waals surface area contributed by atoms with Crippen LogP contribution in [0.3, 0.4) is 0 Å². The van der Waals surface area contributed by atoms with Crippen LogP contribution in [0.15, 0.2) is 77.3 Å². The Bertz CT molecular complexity index is 1150. The van der Waals surface area contributed by atoms with E-state index < -0.39 is 6.04 Å². The smallest absolute Gasteiger partial charge is 0.243 e. The second kappa shape index (κ2) is 14.7. The van der Waals surface area contributed by atoms with E-state index in [1.807, 2.05) is 67.6 Å². The lowest BCUT2D eigenvalue weighted by Crippen LogP contribution is -2.51. The van der Waals surface area contributed by atoms with Gasteiger partial charge in [0.2, 0.25) is 11.8 Å². The Hall–Kier alpha value is -1.99. The van der Waals surface area contributed by atoms with E-state index in [9.17, 15) is 9.59 Å². The van der Waals surface area contributed by atoms with Gasteiger partial charge in [0, 0.05) is 39.8 Å². The molecule has 0 aromatic heterocycles. The molecule has 3 rings (SSSR count). The van der Waals surface area contributed by atoms with Gasteiger partial charge in [0.1, 0.15) is 6.04 Å². The van der Waals surface area contributed by atoms with Crippen LogP contribution in [0.25, 0.3) is 0 Å². The van der Waals surface area contributed by atoms with E-state index in [4.69, 9.17) is 23.2 Å². The van der Waals surface area contributed by atoms with Gasteiger partial charge >= 0.3 is 0 Å². The molecule has 190 valence electrons. The summed E-state index contributed by atoms with van der Waals surface area (Å²) in [5.74, 6) is 0.554. The minimum atomic E-state index is -0.630. The highest BCUT2D eigenvalue weighted by atomic mass is 79.9. The van der Waals surface area contributed by atoms with Crippen molar-refractivity contribution in [2.24, 2.45) is 0 Å². The van der Waals surface area contributed by atoms with Gasteiger partial charge in [0.15, 0.2) is 0 Å². The minimum absolute atomic E-state index is 0.0967. The van der Waals surface area contributed by atoms with Crippen LogP contribution in [0.1, 0.15) is 30.0 Å². The number of carbonyl (C=O) groups is 2. The summed E-state index contributed by atoms with van der Waals surface area (Å²) in [4.78, 5) is 28.6. The predicted molar refractivity (Wildman–Crippen MR) is 155 cm³/mol. The molecule has 4 nitrogen and oxygen atoms in total. The molecule has 8 heteroatoms. The molecule has 0 aliphatic rings. The molecule has 2 amide bonds. The zero-order chi connectivity index (χ0) is 25.9. The molecule has 36 heavy (non-hydrogen) atoms. The van der Waals surface area contributed by atoms with Gasteiger partial charge in [0.25, 0.3) is 0 Å². The minimum Gasteiger partial charge on any atom is -0.354 e. The van der Waals surface area contributed by atoms with E-state index in [0.717, 1.165) is 27.6 Å². The number of nitrogens with zero attached hydrogens (tertiary/aromatic N) is 1. The SMILES string of the molecule is CCCNC(=O)C(Cc1ccccc1)N(Cc1ccc(Br)cc1)C(=O)CSCc1ccc(Cl)cc1Cl. The Morgan fingerprint density at radius 2 is 1.72 bits per heavy atom. The molecule has 1 unspecified atom stereocenters. The van der Waals surface area contributed by atoms with E-state index in [2.05, 4.69) is 21.2 Å². The molecule has 0 spiro atoms. The van der Waals surface area contributed by atoms with Crippen LogP contribution < -0.4 is 5.32 Å². The van der Waals surface area contributed by atoms with Crippen LogP contribution in [0.5, 0.6) is 0 Å². The number of carbonyl (C=O) groups excluding carboxylic acids is 2. The Morgan fingerprint density at radius 3 is 2.39 bits per heavy atom. The zero-order valence-electron chi connectivity index (χ0n) is 20.1. The van der Waals surface area contributed by atoms with Gasteiger partial charge in [0.05, 0.1) is 5.75 Å². The summed E-state index contributed by atoms with van der Waals surface area (Å²) < 4.78 is 0.959. The third-order valence-corrected chi connectivity index (χ3v) is 7.67. The third kappa shape index (κ3) is 8.84. The first-order chi connectivity index (χ1) is 17.4. The van der Waals surface area contributed by atoms with Crippen LogP contribution in [-0.4, -0.2) is 35.1 Å². The molecule has 0 saturated carbocycles.